The van der Waals surface area contributed by atoms with Crippen LogP contribution in [0.15, 0.2) is 77.7 Å². The van der Waals surface area contributed by atoms with Crippen LogP contribution in [-0.2, 0) is 13.1 Å². The molecule has 0 aliphatic rings. The summed E-state index contributed by atoms with van der Waals surface area (Å²) in [5.41, 5.74) is 1.24. The van der Waals surface area contributed by atoms with Crippen molar-refractivity contribution in [2.24, 2.45) is 0 Å². The van der Waals surface area contributed by atoms with E-state index in [1.807, 2.05) is 30.3 Å². The molecular formula is C22H17FN4O2. The zero-order valence-electron chi connectivity index (χ0n) is 15.4. The van der Waals surface area contributed by atoms with Gasteiger partial charge in [-0.2, -0.15) is 0 Å². The van der Waals surface area contributed by atoms with E-state index >= 15 is 0 Å². The normalized spacial score (nSPS) is 10.8. The molecule has 29 heavy (non-hydrogen) atoms. The molecule has 0 bridgehead atoms. The van der Waals surface area contributed by atoms with Gasteiger partial charge < -0.3 is 5.32 Å². The molecule has 0 fully saturated rings. The highest BCUT2D eigenvalue weighted by molar-refractivity contribution is 5.93. The number of amides is 1. The molecule has 0 atom stereocenters. The Morgan fingerprint density at radius 1 is 1.00 bits per heavy atom. The zero-order valence-corrected chi connectivity index (χ0v) is 15.4. The molecule has 4 aromatic rings. The van der Waals surface area contributed by atoms with Crippen LogP contribution in [0.2, 0.25) is 0 Å². The van der Waals surface area contributed by atoms with Gasteiger partial charge in [0.25, 0.3) is 11.5 Å². The number of halogens is 1. The number of benzene rings is 2. The van der Waals surface area contributed by atoms with E-state index in [0.717, 1.165) is 5.56 Å². The molecule has 4 rings (SSSR count). The fourth-order valence-electron chi connectivity index (χ4n) is 3.04. The largest absolute Gasteiger partial charge is 0.346 e. The molecule has 0 spiro atoms. The molecule has 2 aromatic carbocycles. The minimum atomic E-state index is -0.661. The van der Waals surface area contributed by atoms with Crippen LogP contribution < -0.4 is 10.9 Å². The van der Waals surface area contributed by atoms with E-state index in [-0.39, 0.29) is 18.8 Å². The lowest BCUT2D eigenvalue weighted by molar-refractivity contribution is 0.0943. The van der Waals surface area contributed by atoms with Crippen LogP contribution in [0.4, 0.5) is 4.39 Å². The Hall–Kier alpha value is -3.87. The van der Waals surface area contributed by atoms with Gasteiger partial charge in [0, 0.05) is 18.3 Å². The van der Waals surface area contributed by atoms with Gasteiger partial charge in [0.1, 0.15) is 11.3 Å². The predicted octanol–water partition coefficient (Wildman–Crippen LogP) is 2.91. The molecule has 0 saturated carbocycles. The summed E-state index contributed by atoms with van der Waals surface area (Å²) in [7, 11) is 0. The number of aromatic nitrogens is 3. The van der Waals surface area contributed by atoms with Gasteiger partial charge in [-0.3, -0.25) is 14.2 Å². The first-order valence-electron chi connectivity index (χ1n) is 9.04. The van der Waals surface area contributed by atoms with Crippen molar-refractivity contribution in [2.75, 3.05) is 0 Å². The minimum absolute atomic E-state index is 0.0452. The van der Waals surface area contributed by atoms with E-state index in [2.05, 4.69) is 15.3 Å². The highest BCUT2D eigenvalue weighted by Crippen LogP contribution is 2.11. The average molecular weight is 388 g/mol. The molecular weight excluding hydrogens is 371 g/mol. The van der Waals surface area contributed by atoms with E-state index in [1.165, 1.54) is 10.6 Å². The third-order valence-electron chi connectivity index (χ3n) is 4.50. The molecule has 1 N–H and O–H groups in total. The second-order valence-electron chi connectivity index (χ2n) is 6.46. The molecule has 7 heteroatoms. The number of nitrogens with zero attached hydrogens (tertiary/aromatic N) is 3. The van der Waals surface area contributed by atoms with Gasteiger partial charge in [0.2, 0.25) is 0 Å². The van der Waals surface area contributed by atoms with Crippen LogP contribution in [0.1, 0.15) is 21.6 Å². The van der Waals surface area contributed by atoms with Gasteiger partial charge in [-0.1, -0.05) is 48.5 Å². The van der Waals surface area contributed by atoms with Crippen molar-refractivity contribution in [3.63, 3.8) is 0 Å². The summed E-state index contributed by atoms with van der Waals surface area (Å²) >= 11 is 0. The number of hydrogen-bond donors (Lipinski definition) is 1. The molecule has 0 radical (unpaired) electrons. The van der Waals surface area contributed by atoms with Crippen molar-refractivity contribution in [1.82, 2.24) is 19.9 Å². The Kier molecular flexibility index (Phi) is 5.11. The van der Waals surface area contributed by atoms with E-state index in [9.17, 15) is 14.0 Å². The van der Waals surface area contributed by atoms with Crippen LogP contribution in [0.25, 0.3) is 11.2 Å². The lowest BCUT2D eigenvalue weighted by Gasteiger charge is -2.12. The van der Waals surface area contributed by atoms with Gasteiger partial charge >= 0.3 is 0 Å². The highest BCUT2D eigenvalue weighted by atomic mass is 19.1. The van der Waals surface area contributed by atoms with Gasteiger partial charge in [-0.05, 0) is 23.8 Å². The topological polar surface area (TPSA) is 76.9 Å². The third-order valence-corrected chi connectivity index (χ3v) is 4.50. The summed E-state index contributed by atoms with van der Waals surface area (Å²) in [6.45, 7) is 0.208. The van der Waals surface area contributed by atoms with Gasteiger partial charge in [-0.25, -0.2) is 14.4 Å². The zero-order chi connectivity index (χ0) is 20.2. The Bertz CT molecular complexity index is 1240. The lowest BCUT2D eigenvalue weighted by atomic mass is 10.2. The predicted molar refractivity (Wildman–Crippen MR) is 107 cm³/mol. The molecule has 6 nitrogen and oxygen atoms in total. The lowest BCUT2D eigenvalue weighted by Crippen LogP contribution is -2.35. The standard InChI is InChI=1S/C22H17FN4O2/c23-17-10-5-4-9-16(17)13-25-21(28)19-22(29)27(14-15-7-2-1-3-8-15)20-18(26-19)11-6-12-24-20/h1-12H,13-14H2,(H,25,28). The van der Waals surface area contributed by atoms with Gasteiger partial charge in [0.15, 0.2) is 11.3 Å². The summed E-state index contributed by atoms with van der Waals surface area (Å²) in [4.78, 5) is 34.2. The highest BCUT2D eigenvalue weighted by Gasteiger charge is 2.18. The van der Waals surface area contributed by atoms with E-state index in [0.29, 0.717) is 16.7 Å². The van der Waals surface area contributed by atoms with Gasteiger partial charge in [0.05, 0.1) is 6.54 Å². The molecule has 0 aliphatic heterocycles. The maximum absolute atomic E-state index is 13.8. The Morgan fingerprint density at radius 3 is 2.55 bits per heavy atom. The Balaban J connectivity index is 1.71. The number of rotatable bonds is 5. The SMILES string of the molecule is O=C(NCc1ccccc1F)c1nc2cccnc2n(Cc2ccccc2)c1=O. The summed E-state index contributed by atoms with van der Waals surface area (Å²) in [6, 6.07) is 18.9. The number of pyridine rings is 1. The molecule has 144 valence electrons. The first-order valence-corrected chi connectivity index (χ1v) is 9.04. The summed E-state index contributed by atoms with van der Waals surface area (Å²) in [5.74, 6) is -1.09. The fourth-order valence-corrected chi connectivity index (χ4v) is 3.04. The number of fused-ring (bicyclic) bond motifs is 1. The maximum atomic E-state index is 13.8. The molecule has 2 aromatic heterocycles. The van der Waals surface area contributed by atoms with Crippen molar-refractivity contribution in [3.8, 4) is 0 Å². The van der Waals surface area contributed by atoms with E-state index in [1.54, 1.807) is 36.5 Å². The van der Waals surface area contributed by atoms with Crippen molar-refractivity contribution >= 4 is 17.1 Å². The van der Waals surface area contributed by atoms with Crippen LogP contribution in [0.5, 0.6) is 0 Å². The molecule has 0 aliphatic carbocycles. The monoisotopic (exact) mass is 388 g/mol. The van der Waals surface area contributed by atoms with Crippen molar-refractivity contribution in [1.29, 1.82) is 0 Å². The minimum Gasteiger partial charge on any atom is -0.346 e. The number of nitrogens with one attached hydrogen (secondary N) is 1. The van der Waals surface area contributed by atoms with Crippen molar-refractivity contribution in [2.45, 2.75) is 13.1 Å². The smallest absolute Gasteiger partial charge is 0.284 e. The van der Waals surface area contributed by atoms with Crippen LogP contribution in [0, 0.1) is 5.82 Å². The molecule has 1 amide bonds. The van der Waals surface area contributed by atoms with Crippen LogP contribution in [-0.4, -0.2) is 20.4 Å². The van der Waals surface area contributed by atoms with Crippen LogP contribution >= 0.6 is 0 Å². The van der Waals surface area contributed by atoms with Crippen LogP contribution in [0.3, 0.4) is 0 Å². The number of carbonyl (C=O) groups excluding carboxylic acids is 1. The van der Waals surface area contributed by atoms with E-state index < -0.39 is 17.3 Å². The van der Waals surface area contributed by atoms with E-state index in [4.69, 9.17) is 0 Å². The first-order chi connectivity index (χ1) is 14.1. The summed E-state index contributed by atoms with van der Waals surface area (Å²) in [6.07, 6.45) is 1.57. The van der Waals surface area contributed by atoms with Crippen molar-refractivity contribution < 1.29 is 9.18 Å². The maximum Gasteiger partial charge on any atom is 0.284 e. The third kappa shape index (κ3) is 3.89. The summed E-state index contributed by atoms with van der Waals surface area (Å²) in [5, 5.41) is 2.58. The average Bonchev–Trinajstić information content (AvgIpc) is 2.75. The Labute approximate surface area is 165 Å². The Morgan fingerprint density at radius 2 is 1.76 bits per heavy atom. The molecule has 2 heterocycles. The molecule has 0 unspecified atom stereocenters. The second-order valence-corrected chi connectivity index (χ2v) is 6.46. The molecule has 0 saturated heterocycles. The fraction of sp³-hybridized carbons (Fsp3) is 0.0909. The second kappa shape index (κ2) is 8.02. The van der Waals surface area contributed by atoms with Crippen molar-refractivity contribution in [3.05, 3.63) is 106 Å². The van der Waals surface area contributed by atoms with Gasteiger partial charge in [-0.15, -0.1) is 0 Å². The number of hydrogen-bond acceptors (Lipinski definition) is 4. The number of carbonyl (C=O) groups is 1. The summed E-state index contributed by atoms with van der Waals surface area (Å²) < 4.78 is 15.2. The first kappa shape index (κ1) is 18.5. The quantitative estimate of drug-likeness (QED) is 0.570.